The number of imidazole rings is 1. The summed E-state index contributed by atoms with van der Waals surface area (Å²) in [5, 5.41) is 4.02. The molecule has 0 unspecified atom stereocenters. The Morgan fingerprint density at radius 2 is 1.72 bits per heavy atom. The maximum atomic E-state index is 12.6. The molecule has 0 aliphatic carbocycles. The molecule has 3 aromatic carbocycles. The molecule has 0 saturated heterocycles. The Morgan fingerprint density at radius 1 is 0.966 bits per heavy atom. The maximum absolute atomic E-state index is 12.6. The molecule has 29 heavy (non-hydrogen) atoms. The van der Waals surface area contributed by atoms with Gasteiger partial charge in [0.25, 0.3) is 0 Å². The van der Waals surface area contributed by atoms with E-state index in [9.17, 15) is 4.79 Å². The van der Waals surface area contributed by atoms with E-state index < -0.39 is 0 Å². The quantitative estimate of drug-likeness (QED) is 0.358. The van der Waals surface area contributed by atoms with Crippen LogP contribution in [-0.4, -0.2) is 16.6 Å². The van der Waals surface area contributed by atoms with Crippen LogP contribution in [0.3, 0.4) is 0 Å². The summed E-state index contributed by atoms with van der Waals surface area (Å²) in [7, 11) is 0. The summed E-state index contributed by atoms with van der Waals surface area (Å²) in [5.74, 6) is 0.336. The molecule has 1 amide bonds. The number of benzene rings is 3. The molecule has 0 aliphatic rings. The zero-order chi connectivity index (χ0) is 20.2. The van der Waals surface area contributed by atoms with Crippen LogP contribution >= 0.6 is 11.8 Å². The smallest absolute Gasteiger partial charge is 0.317 e. The molecular formula is C24H24N3OS+. The molecule has 0 radical (unpaired) electrons. The largest absolute Gasteiger partial charge is 0.325 e. The summed E-state index contributed by atoms with van der Waals surface area (Å²) in [4.78, 5) is 16.0. The number of rotatable bonds is 6. The number of aromatic amines is 1. The lowest BCUT2D eigenvalue weighted by atomic mass is 10.1. The number of hydrogen-bond donors (Lipinski definition) is 2. The molecular weight excluding hydrogens is 378 g/mol. The van der Waals surface area contributed by atoms with Gasteiger partial charge in [-0.1, -0.05) is 54.6 Å². The Hall–Kier alpha value is -3.05. The molecule has 0 fully saturated rings. The first-order valence-corrected chi connectivity index (χ1v) is 10.6. The van der Waals surface area contributed by atoms with E-state index in [0.717, 1.165) is 34.0 Å². The predicted octanol–water partition coefficient (Wildman–Crippen LogP) is 4.85. The van der Waals surface area contributed by atoms with E-state index in [1.54, 1.807) is 0 Å². The number of fused-ring (bicyclic) bond motifs is 1. The number of amides is 1. The van der Waals surface area contributed by atoms with Crippen molar-refractivity contribution in [2.75, 3.05) is 11.1 Å². The fourth-order valence-electron chi connectivity index (χ4n) is 3.35. The number of hydrogen-bond acceptors (Lipinski definition) is 2. The topological polar surface area (TPSA) is 48.8 Å². The first kappa shape index (κ1) is 19.3. The SMILES string of the molecule is Cc1cccc(NC(=O)CSc2[nH]c3ccccc3[n+]2Cc2ccccc2)c1C. The lowest BCUT2D eigenvalue weighted by Gasteiger charge is -2.09. The van der Waals surface area contributed by atoms with E-state index in [-0.39, 0.29) is 5.91 Å². The van der Waals surface area contributed by atoms with Gasteiger partial charge in [0.15, 0.2) is 11.0 Å². The van der Waals surface area contributed by atoms with Crippen LogP contribution in [0.2, 0.25) is 0 Å². The van der Waals surface area contributed by atoms with E-state index in [0.29, 0.717) is 5.75 Å². The number of anilines is 1. The van der Waals surface area contributed by atoms with Gasteiger partial charge in [-0.05, 0) is 60.5 Å². The van der Waals surface area contributed by atoms with E-state index >= 15 is 0 Å². The summed E-state index contributed by atoms with van der Waals surface area (Å²) < 4.78 is 2.24. The molecule has 4 aromatic rings. The highest BCUT2D eigenvalue weighted by atomic mass is 32.2. The number of nitrogens with zero attached hydrogens (tertiary/aromatic N) is 1. The molecule has 4 rings (SSSR count). The summed E-state index contributed by atoms with van der Waals surface area (Å²) in [6, 6.07) is 24.6. The van der Waals surface area contributed by atoms with Gasteiger partial charge in [0.1, 0.15) is 6.54 Å². The second kappa shape index (κ2) is 8.53. The molecule has 4 nitrogen and oxygen atoms in total. The molecule has 5 heteroatoms. The number of nitrogens with one attached hydrogen (secondary N) is 2. The van der Waals surface area contributed by atoms with Gasteiger partial charge in [-0.25, -0.2) is 9.55 Å². The Kier molecular flexibility index (Phi) is 5.67. The molecule has 146 valence electrons. The summed E-state index contributed by atoms with van der Waals surface area (Å²) in [5.41, 5.74) is 6.59. The predicted molar refractivity (Wildman–Crippen MR) is 119 cm³/mol. The van der Waals surface area contributed by atoms with Crippen LogP contribution in [0.1, 0.15) is 16.7 Å². The van der Waals surface area contributed by atoms with Crippen molar-refractivity contribution in [3.8, 4) is 0 Å². The van der Waals surface area contributed by atoms with Crippen LogP contribution in [0, 0.1) is 13.8 Å². The normalized spacial score (nSPS) is 11.0. The van der Waals surface area contributed by atoms with Crippen molar-refractivity contribution in [3.05, 3.63) is 89.5 Å². The number of carbonyl (C=O) groups is 1. The summed E-state index contributed by atoms with van der Waals surface area (Å²) in [6.45, 7) is 4.84. The van der Waals surface area contributed by atoms with Gasteiger partial charge < -0.3 is 5.32 Å². The zero-order valence-corrected chi connectivity index (χ0v) is 17.4. The van der Waals surface area contributed by atoms with Crippen molar-refractivity contribution >= 4 is 34.4 Å². The van der Waals surface area contributed by atoms with Gasteiger partial charge in [0.2, 0.25) is 5.91 Å². The average Bonchev–Trinajstić information content (AvgIpc) is 3.08. The van der Waals surface area contributed by atoms with E-state index in [4.69, 9.17) is 0 Å². The van der Waals surface area contributed by atoms with Crippen molar-refractivity contribution in [2.45, 2.75) is 25.5 Å². The molecule has 0 saturated carbocycles. The van der Waals surface area contributed by atoms with Crippen molar-refractivity contribution in [3.63, 3.8) is 0 Å². The molecule has 1 heterocycles. The van der Waals surface area contributed by atoms with Crippen molar-refractivity contribution in [1.82, 2.24) is 4.98 Å². The maximum Gasteiger partial charge on any atom is 0.317 e. The molecule has 0 aliphatic heterocycles. The van der Waals surface area contributed by atoms with Gasteiger partial charge in [-0.2, -0.15) is 0 Å². The summed E-state index contributed by atoms with van der Waals surface area (Å²) >= 11 is 1.52. The fraction of sp³-hybridized carbons (Fsp3) is 0.167. The first-order valence-electron chi connectivity index (χ1n) is 9.65. The Bertz CT molecular complexity index is 1150. The molecule has 2 N–H and O–H groups in total. The standard InChI is InChI=1S/C24H23N3OS/c1-17-9-8-13-20(18(17)2)25-23(28)16-29-24-26-21-12-6-7-14-22(21)27(24)15-19-10-4-3-5-11-19/h3-14H,15-16H2,1-2H3,(H,25,28)/p+1. The Labute approximate surface area is 175 Å². The number of aromatic nitrogens is 2. The number of H-pyrrole nitrogens is 1. The molecule has 0 bridgehead atoms. The fourth-order valence-corrected chi connectivity index (χ4v) is 4.19. The van der Waals surface area contributed by atoms with Crippen LogP contribution in [0.15, 0.2) is 78.0 Å². The minimum atomic E-state index is -0.00591. The minimum Gasteiger partial charge on any atom is -0.325 e. The van der Waals surface area contributed by atoms with Gasteiger partial charge in [-0.3, -0.25) is 4.79 Å². The van der Waals surface area contributed by atoms with Crippen molar-refractivity contribution in [1.29, 1.82) is 0 Å². The highest BCUT2D eigenvalue weighted by Crippen LogP contribution is 2.21. The van der Waals surface area contributed by atoms with E-state index in [1.807, 2.05) is 37.3 Å². The van der Waals surface area contributed by atoms with E-state index in [2.05, 4.69) is 64.3 Å². The second-order valence-electron chi connectivity index (χ2n) is 7.10. The number of thioether (sulfide) groups is 1. The first-order chi connectivity index (χ1) is 14.1. The number of carbonyl (C=O) groups excluding carboxylic acids is 1. The zero-order valence-electron chi connectivity index (χ0n) is 16.6. The van der Waals surface area contributed by atoms with Crippen LogP contribution < -0.4 is 9.88 Å². The lowest BCUT2D eigenvalue weighted by molar-refractivity contribution is -0.700. The third-order valence-corrected chi connectivity index (χ3v) is 6.09. The van der Waals surface area contributed by atoms with Crippen LogP contribution in [0.5, 0.6) is 0 Å². The van der Waals surface area contributed by atoms with Crippen LogP contribution in [0.25, 0.3) is 11.0 Å². The van der Waals surface area contributed by atoms with Crippen molar-refractivity contribution in [2.24, 2.45) is 0 Å². The third kappa shape index (κ3) is 4.35. The number of para-hydroxylation sites is 2. The van der Waals surface area contributed by atoms with E-state index in [1.165, 1.54) is 22.9 Å². The van der Waals surface area contributed by atoms with Crippen LogP contribution in [-0.2, 0) is 11.3 Å². The highest BCUT2D eigenvalue weighted by molar-refractivity contribution is 7.99. The molecule has 0 atom stereocenters. The Balaban J connectivity index is 1.53. The minimum absolute atomic E-state index is 0.00591. The van der Waals surface area contributed by atoms with Gasteiger partial charge in [-0.15, -0.1) is 0 Å². The average molecular weight is 403 g/mol. The van der Waals surface area contributed by atoms with Gasteiger partial charge in [0, 0.05) is 5.69 Å². The molecule has 0 spiro atoms. The number of aryl methyl sites for hydroxylation is 1. The second-order valence-corrected chi connectivity index (χ2v) is 8.07. The van der Waals surface area contributed by atoms with Crippen molar-refractivity contribution < 1.29 is 9.36 Å². The third-order valence-electron chi connectivity index (χ3n) is 5.08. The monoisotopic (exact) mass is 402 g/mol. The Morgan fingerprint density at radius 3 is 2.55 bits per heavy atom. The summed E-state index contributed by atoms with van der Waals surface area (Å²) in [6.07, 6.45) is 0. The highest BCUT2D eigenvalue weighted by Gasteiger charge is 2.20. The van der Waals surface area contributed by atoms with Crippen LogP contribution in [0.4, 0.5) is 5.69 Å². The van der Waals surface area contributed by atoms with Gasteiger partial charge >= 0.3 is 5.16 Å². The van der Waals surface area contributed by atoms with Gasteiger partial charge in [0.05, 0.1) is 5.75 Å². The molecule has 1 aromatic heterocycles. The lowest BCUT2D eigenvalue weighted by Crippen LogP contribution is -2.35.